The number of pyridine rings is 1. The highest BCUT2D eigenvalue weighted by Gasteiger charge is 2.14. The Hall–Kier alpha value is -1.58. The van der Waals surface area contributed by atoms with Crippen molar-refractivity contribution in [3.63, 3.8) is 0 Å². The first-order chi connectivity index (χ1) is 5.65. The zero-order valence-corrected chi connectivity index (χ0v) is 6.95. The van der Waals surface area contributed by atoms with Gasteiger partial charge in [0, 0.05) is 17.8 Å². The summed E-state index contributed by atoms with van der Waals surface area (Å²) < 4.78 is 1.75. The lowest BCUT2D eigenvalue weighted by atomic mass is 10.3. The molecule has 0 aliphatic carbocycles. The molecule has 0 unspecified atom stereocenters. The van der Waals surface area contributed by atoms with E-state index < -0.39 is 5.91 Å². The number of nitrogens with zero attached hydrogens (tertiary/aromatic N) is 1. The summed E-state index contributed by atoms with van der Waals surface area (Å²) >= 11 is 0. The molecule has 0 bridgehead atoms. The summed E-state index contributed by atoms with van der Waals surface area (Å²) in [5.41, 5.74) is 11.6. The number of primary amides is 1. The van der Waals surface area contributed by atoms with Gasteiger partial charge < -0.3 is 11.5 Å². The largest absolute Gasteiger partial charge is 0.398 e. The number of hydrogen-bond donors (Lipinski definition) is 2. The van der Waals surface area contributed by atoms with Crippen LogP contribution in [0.25, 0.3) is 0 Å². The number of carbonyl (C=O) groups excluding carboxylic acids is 1. The van der Waals surface area contributed by atoms with Crippen molar-refractivity contribution < 1.29 is 9.36 Å². The molecule has 0 aromatic carbocycles. The lowest BCUT2D eigenvalue weighted by Gasteiger charge is -1.98. The zero-order chi connectivity index (χ0) is 9.14. The van der Waals surface area contributed by atoms with Crippen LogP contribution in [-0.4, -0.2) is 5.91 Å². The van der Waals surface area contributed by atoms with Crippen LogP contribution in [0.2, 0.25) is 0 Å². The van der Waals surface area contributed by atoms with Gasteiger partial charge in [0.2, 0.25) is 0 Å². The molecule has 0 saturated heterocycles. The second-order valence-corrected chi connectivity index (χ2v) is 2.50. The Bertz CT molecular complexity index is 309. The molecule has 1 rings (SSSR count). The Balaban J connectivity index is 3.21. The van der Waals surface area contributed by atoms with Crippen molar-refractivity contribution in [1.82, 2.24) is 0 Å². The first kappa shape index (κ1) is 8.52. The van der Waals surface area contributed by atoms with Crippen molar-refractivity contribution in [1.29, 1.82) is 0 Å². The molecule has 1 aromatic rings. The lowest BCUT2D eigenvalue weighted by molar-refractivity contribution is -0.695. The van der Waals surface area contributed by atoms with Gasteiger partial charge in [0.15, 0.2) is 6.20 Å². The van der Waals surface area contributed by atoms with Crippen molar-refractivity contribution in [2.45, 2.75) is 13.5 Å². The smallest absolute Gasteiger partial charge is 0.313 e. The number of aromatic nitrogens is 1. The van der Waals surface area contributed by atoms with E-state index in [-0.39, 0.29) is 0 Å². The molecule has 1 heterocycles. The normalized spacial score (nSPS) is 9.75. The molecule has 0 aliphatic rings. The number of aryl methyl sites for hydroxylation is 1. The van der Waals surface area contributed by atoms with Gasteiger partial charge in [-0.25, -0.2) is 0 Å². The van der Waals surface area contributed by atoms with Gasteiger partial charge in [-0.15, -0.1) is 0 Å². The second-order valence-electron chi connectivity index (χ2n) is 2.50. The molecule has 1 amide bonds. The fraction of sp³-hybridized carbons (Fsp3) is 0.250. The van der Waals surface area contributed by atoms with Crippen LogP contribution < -0.4 is 16.0 Å². The average molecular weight is 166 g/mol. The van der Waals surface area contributed by atoms with Gasteiger partial charge in [-0.3, -0.25) is 4.79 Å². The summed E-state index contributed by atoms with van der Waals surface area (Å²) in [6.07, 6.45) is 1.75. The molecule has 0 saturated carbocycles. The maximum Gasteiger partial charge on any atom is 0.313 e. The minimum atomic E-state index is -0.454. The second kappa shape index (κ2) is 3.21. The molecule has 0 fully saturated rings. The van der Waals surface area contributed by atoms with Crippen molar-refractivity contribution >= 4 is 11.6 Å². The van der Waals surface area contributed by atoms with Gasteiger partial charge in [0.05, 0.1) is 0 Å². The van der Waals surface area contributed by atoms with Crippen molar-refractivity contribution in [2.24, 2.45) is 5.73 Å². The van der Waals surface area contributed by atoms with Gasteiger partial charge in [-0.2, -0.15) is 4.57 Å². The van der Waals surface area contributed by atoms with Crippen LogP contribution in [0.15, 0.2) is 18.3 Å². The maximum absolute atomic E-state index is 10.9. The average Bonchev–Trinajstić information content (AvgIpc) is 2.04. The molecule has 4 N–H and O–H groups in total. The molecule has 4 nitrogen and oxygen atoms in total. The first-order valence-electron chi connectivity index (χ1n) is 3.74. The molecule has 12 heavy (non-hydrogen) atoms. The Morgan fingerprint density at radius 3 is 2.83 bits per heavy atom. The van der Waals surface area contributed by atoms with Crippen LogP contribution in [0.5, 0.6) is 0 Å². The van der Waals surface area contributed by atoms with Crippen molar-refractivity contribution in [3.8, 4) is 0 Å². The number of nitrogens with two attached hydrogens (primary N) is 2. The predicted molar refractivity (Wildman–Crippen MR) is 45.2 cm³/mol. The summed E-state index contributed by atoms with van der Waals surface area (Å²) in [5.74, 6) is -0.454. The lowest BCUT2D eigenvalue weighted by Crippen LogP contribution is -2.41. The number of amides is 1. The highest BCUT2D eigenvalue weighted by Crippen LogP contribution is 2.00. The van der Waals surface area contributed by atoms with Gasteiger partial charge >= 0.3 is 5.91 Å². The van der Waals surface area contributed by atoms with E-state index >= 15 is 0 Å². The van der Waals surface area contributed by atoms with Gasteiger partial charge in [-0.1, -0.05) is 0 Å². The summed E-state index contributed by atoms with van der Waals surface area (Å²) in [6, 6.07) is 3.31. The fourth-order valence-corrected chi connectivity index (χ4v) is 1.03. The third-order valence-corrected chi connectivity index (χ3v) is 1.65. The Morgan fingerprint density at radius 1 is 1.67 bits per heavy atom. The molecule has 1 aromatic heterocycles. The van der Waals surface area contributed by atoms with E-state index in [0.717, 1.165) is 0 Å². The summed E-state index contributed by atoms with van der Waals surface area (Å²) in [7, 11) is 0. The molecular formula is C8H12N3O+. The quantitative estimate of drug-likeness (QED) is 0.591. The maximum atomic E-state index is 10.9. The van der Waals surface area contributed by atoms with Gasteiger partial charge in [-0.05, 0) is 6.92 Å². The number of hydrogen-bond acceptors (Lipinski definition) is 2. The van der Waals surface area contributed by atoms with Gasteiger partial charge in [0.25, 0.3) is 5.69 Å². The van der Waals surface area contributed by atoms with E-state index in [1.54, 1.807) is 22.9 Å². The van der Waals surface area contributed by atoms with Crippen LogP contribution in [-0.2, 0) is 6.54 Å². The highest BCUT2D eigenvalue weighted by molar-refractivity contribution is 5.89. The molecule has 4 heteroatoms. The molecule has 0 aliphatic heterocycles. The van der Waals surface area contributed by atoms with E-state index in [1.165, 1.54) is 0 Å². The number of anilines is 1. The summed E-state index contributed by atoms with van der Waals surface area (Å²) in [4.78, 5) is 10.9. The predicted octanol–water partition coefficient (Wildman–Crippen LogP) is -0.325. The van der Waals surface area contributed by atoms with E-state index in [0.29, 0.717) is 17.9 Å². The van der Waals surface area contributed by atoms with E-state index in [1.807, 2.05) is 6.92 Å². The van der Waals surface area contributed by atoms with Crippen LogP contribution in [0.1, 0.15) is 17.4 Å². The van der Waals surface area contributed by atoms with E-state index in [2.05, 4.69) is 0 Å². The molecule has 0 spiro atoms. The van der Waals surface area contributed by atoms with Crippen LogP contribution in [0, 0.1) is 0 Å². The summed E-state index contributed by atoms with van der Waals surface area (Å²) in [6.45, 7) is 2.64. The van der Waals surface area contributed by atoms with Crippen molar-refractivity contribution in [3.05, 3.63) is 24.0 Å². The van der Waals surface area contributed by atoms with Crippen LogP contribution in [0.4, 0.5) is 5.69 Å². The minimum Gasteiger partial charge on any atom is -0.398 e. The monoisotopic (exact) mass is 166 g/mol. The fourth-order valence-electron chi connectivity index (χ4n) is 1.03. The number of nitrogen functional groups attached to an aromatic ring is 1. The number of rotatable bonds is 2. The molecule has 64 valence electrons. The van der Waals surface area contributed by atoms with Gasteiger partial charge in [0.1, 0.15) is 6.54 Å². The van der Waals surface area contributed by atoms with E-state index in [4.69, 9.17) is 11.5 Å². The summed E-state index contributed by atoms with van der Waals surface area (Å²) in [5, 5.41) is 0. The molecular weight excluding hydrogens is 154 g/mol. The SMILES string of the molecule is CC[n+]1ccc(N)cc1C(N)=O. The standard InChI is InChI=1S/C8H11N3O/c1-2-11-4-3-6(9)5-7(11)8(10)12/h3-5,9H,2H2,1H3,(H2,10,12)/p+1. The van der Waals surface area contributed by atoms with Crippen LogP contribution in [0.3, 0.4) is 0 Å². The Kier molecular flexibility index (Phi) is 2.28. The number of carbonyl (C=O) groups is 1. The molecule has 0 radical (unpaired) electrons. The Labute approximate surface area is 70.8 Å². The van der Waals surface area contributed by atoms with Crippen LogP contribution >= 0.6 is 0 Å². The minimum absolute atomic E-state index is 0.442. The third-order valence-electron chi connectivity index (χ3n) is 1.65. The first-order valence-corrected chi connectivity index (χ1v) is 3.74. The Morgan fingerprint density at radius 2 is 2.33 bits per heavy atom. The zero-order valence-electron chi connectivity index (χ0n) is 6.95. The molecule has 0 atom stereocenters. The van der Waals surface area contributed by atoms with E-state index in [9.17, 15) is 4.79 Å². The van der Waals surface area contributed by atoms with Crippen molar-refractivity contribution in [2.75, 3.05) is 5.73 Å². The third kappa shape index (κ3) is 1.53. The topological polar surface area (TPSA) is 73.0 Å². The highest BCUT2D eigenvalue weighted by atomic mass is 16.1.